The average molecular weight is 258 g/mol. The number of phenolic OH excluding ortho intramolecular Hbond substituents is 1. The number of aromatic nitrogens is 2. The summed E-state index contributed by atoms with van der Waals surface area (Å²) >= 11 is 0. The largest absolute Gasteiger partial charge is 0.573 e. The highest BCUT2D eigenvalue weighted by Crippen LogP contribution is 2.24. The van der Waals surface area contributed by atoms with Crippen molar-refractivity contribution < 1.29 is 23.0 Å². The number of alkyl halides is 3. The lowest BCUT2D eigenvalue weighted by Crippen LogP contribution is -2.16. The first-order valence-electron chi connectivity index (χ1n) is 4.74. The molecule has 0 saturated carbocycles. The lowest BCUT2D eigenvalue weighted by molar-refractivity contribution is -0.274. The van der Waals surface area contributed by atoms with Crippen LogP contribution in [-0.2, 0) is 0 Å². The number of hydrogen-bond donors (Lipinski definition) is 1. The first-order chi connectivity index (χ1) is 8.47. The van der Waals surface area contributed by atoms with Gasteiger partial charge in [-0.1, -0.05) is 6.07 Å². The zero-order valence-electron chi connectivity index (χ0n) is 9.00. The maximum atomic E-state index is 11.6. The molecule has 0 amide bonds. The van der Waals surface area contributed by atoms with Gasteiger partial charge in [0, 0.05) is 18.5 Å². The molecule has 2 rings (SSSR count). The molecule has 0 saturated heterocycles. The Hall–Kier alpha value is -2.31. The zero-order valence-corrected chi connectivity index (χ0v) is 9.00. The molecule has 0 bridgehead atoms. The summed E-state index contributed by atoms with van der Waals surface area (Å²) in [7, 11) is 0. The highest BCUT2D eigenvalue weighted by molar-refractivity contribution is 5.31. The lowest BCUT2D eigenvalue weighted by atomic mass is 10.3. The topological polar surface area (TPSA) is 55.2 Å². The number of ether oxygens (including phenoxy) is 1. The summed E-state index contributed by atoms with van der Waals surface area (Å²) in [5.41, 5.74) is 0. The number of aromatic hydroxyl groups is 1. The Morgan fingerprint density at radius 2 is 1.61 bits per heavy atom. The molecule has 0 atom stereocenters. The van der Waals surface area contributed by atoms with E-state index in [-0.39, 0.29) is 5.75 Å². The zero-order chi connectivity index (χ0) is 13.4. The molecule has 0 unspecified atom stereocenters. The van der Waals surface area contributed by atoms with Gasteiger partial charge < -0.3 is 9.84 Å². The minimum absolute atomic E-state index is 0.267. The summed E-state index contributed by atoms with van der Waals surface area (Å²) < 4.78 is 38.2. The van der Waals surface area contributed by atoms with Crippen molar-refractivity contribution in [1.82, 2.24) is 10.2 Å². The highest BCUT2D eigenvalue weighted by atomic mass is 19.4. The van der Waals surface area contributed by atoms with Gasteiger partial charge in [-0.3, -0.25) is 0 Å². The van der Waals surface area contributed by atoms with E-state index in [1.54, 1.807) is 12.4 Å². The molecule has 1 aromatic carbocycles. The van der Waals surface area contributed by atoms with Crippen LogP contribution in [-0.4, -0.2) is 21.7 Å². The van der Waals surface area contributed by atoms with Crippen molar-refractivity contribution >= 4 is 0 Å². The maximum absolute atomic E-state index is 11.6. The number of halogens is 3. The molecule has 1 heterocycles. The van der Waals surface area contributed by atoms with Crippen LogP contribution in [0, 0.1) is 0 Å². The smallest absolute Gasteiger partial charge is 0.508 e. The highest BCUT2D eigenvalue weighted by Gasteiger charge is 2.31. The van der Waals surface area contributed by atoms with Crippen molar-refractivity contribution in [3.63, 3.8) is 0 Å². The molecule has 2 aromatic rings. The number of hydrogen-bond acceptors (Lipinski definition) is 4. The van der Waals surface area contributed by atoms with E-state index < -0.39 is 12.1 Å². The van der Waals surface area contributed by atoms with E-state index in [1.165, 1.54) is 12.1 Å². The van der Waals surface area contributed by atoms with Crippen molar-refractivity contribution in [3.8, 4) is 11.5 Å². The Labute approximate surface area is 101 Å². The molecule has 4 nitrogen and oxygen atoms in total. The SMILES string of the molecule is Oc1cccc(OC(F)(F)F)c1.c1ccnnc1. The lowest BCUT2D eigenvalue weighted by Gasteiger charge is -2.07. The Morgan fingerprint density at radius 1 is 1.00 bits per heavy atom. The predicted molar refractivity (Wildman–Crippen MR) is 56.8 cm³/mol. The minimum atomic E-state index is -4.71. The molecular weight excluding hydrogens is 249 g/mol. The van der Waals surface area contributed by atoms with Gasteiger partial charge in [0.25, 0.3) is 0 Å². The normalized spacial score (nSPS) is 10.2. The third-order valence-electron chi connectivity index (χ3n) is 1.53. The minimum Gasteiger partial charge on any atom is -0.508 e. The van der Waals surface area contributed by atoms with E-state index in [2.05, 4.69) is 14.9 Å². The van der Waals surface area contributed by atoms with Crippen molar-refractivity contribution in [2.24, 2.45) is 0 Å². The molecule has 96 valence electrons. The summed E-state index contributed by atoms with van der Waals surface area (Å²) in [4.78, 5) is 0. The fourth-order valence-electron chi connectivity index (χ4n) is 0.934. The molecule has 0 radical (unpaired) electrons. The van der Waals surface area contributed by atoms with Crippen LogP contribution in [0.1, 0.15) is 0 Å². The monoisotopic (exact) mass is 258 g/mol. The molecule has 0 aliphatic rings. The molecule has 0 fully saturated rings. The molecule has 1 N–H and O–H groups in total. The van der Waals surface area contributed by atoms with Crippen LogP contribution < -0.4 is 4.74 Å². The molecule has 18 heavy (non-hydrogen) atoms. The summed E-state index contributed by atoms with van der Waals surface area (Å²) in [6, 6.07) is 8.15. The maximum Gasteiger partial charge on any atom is 0.573 e. The van der Waals surface area contributed by atoms with Crippen LogP contribution in [0.3, 0.4) is 0 Å². The summed E-state index contributed by atoms with van der Waals surface area (Å²) in [6.07, 6.45) is -1.44. The molecule has 7 heteroatoms. The van der Waals surface area contributed by atoms with Gasteiger partial charge in [0.1, 0.15) is 11.5 Å². The van der Waals surface area contributed by atoms with E-state index in [4.69, 9.17) is 5.11 Å². The quantitative estimate of drug-likeness (QED) is 0.854. The van der Waals surface area contributed by atoms with Crippen molar-refractivity contribution in [2.45, 2.75) is 6.36 Å². The van der Waals surface area contributed by atoms with Crippen LogP contribution >= 0.6 is 0 Å². The van der Waals surface area contributed by atoms with E-state index in [1.807, 2.05) is 12.1 Å². The summed E-state index contributed by atoms with van der Waals surface area (Å²) in [6.45, 7) is 0. The van der Waals surface area contributed by atoms with E-state index in [9.17, 15) is 13.2 Å². The number of benzene rings is 1. The molecular formula is C11H9F3N2O2. The van der Waals surface area contributed by atoms with E-state index >= 15 is 0 Å². The Balaban J connectivity index is 0.000000225. The Bertz CT molecular complexity index is 437. The Morgan fingerprint density at radius 3 is 2.00 bits per heavy atom. The second kappa shape index (κ2) is 6.43. The first kappa shape index (κ1) is 13.8. The van der Waals surface area contributed by atoms with Crippen molar-refractivity contribution in [2.75, 3.05) is 0 Å². The van der Waals surface area contributed by atoms with Crippen LogP contribution in [0.4, 0.5) is 13.2 Å². The van der Waals surface area contributed by atoms with E-state index in [0.29, 0.717) is 0 Å². The van der Waals surface area contributed by atoms with Crippen LogP contribution in [0.5, 0.6) is 11.5 Å². The molecule has 0 spiro atoms. The van der Waals surface area contributed by atoms with Crippen LogP contribution in [0.25, 0.3) is 0 Å². The molecule has 0 aliphatic heterocycles. The van der Waals surface area contributed by atoms with Crippen LogP contribution in [0.15, 0.2) is 48.8 Å². The second-order valence-electron chi connectivity index (χ2n) is 2.96. The van der Waals surface area contributed by atoms with Gasteiger partial charge in [0.05, 0.1) is 0 Å². The number of phenols is 1. The second-order valence-corrected chi connectivity index (χ2v) is 2.96. The molecule has 1 aromatic heterocycles. The summed E-state index contributed by atoms with van der Waals surface area (Å²) in [5.74, 6) is -0.695. The van der Waals surface area contributed by atoms with Gasteiger partial charge in [-0.15, -0.1) is 13.2 Å². The molecule has 0 aliphatic carbocycles. The fourth-order valence-corrected chi connectivity index (χ4v) is 0.934. The van der Waals surface area contributed by atoms with Gasteiger partial charge in [-0.25, -0.2) is 0 Å². The van der Waals surface area contributed by atoms with Crippen molar-refractivity contribution in [1.29, 1.82) is 0 Å². The van der Waals surface area contributed by atoms with Gasteiger partial charge in [0.2, 0.25) is 0 Å². The fraction of sp³-hybridized carbons (Fsp3) is 0.0909. The predicted octanol–water partition coefficient (Wildman–Crippen LogP) is 2.77. The first-order valence-corrected chi connectivity index (χ1v) is 4.74. The van der Waals surface area contributed by atoms with Crippen LogP contribution in [0.2, 0.25) is 0 Å². The third-order valence-corrected chi connectivity index (χ3v) is 1.53. The average Bonchev–Trinajstić information content (AvgIpc) is 2.30. The van der Waals surface area contributed by atoms with Gasteiger partial charge in [-0.2, -0.15) is 10.2 Å². The van der Waals surface area contributed by atoms with E-state index in [0.717, 1.165) is 12.1 Å². The number of rotatable bonds is 1. The van der Waals surface area contributed by atoms with Gasteiger partial charge >= 0.3 is 6.36 Å². The summed E-state index contributed by atoms with van der Waals surface area (Å²) in [5, 5.41) is 15.8. The van der Waals surface area contributed by atoms with Gasteiger partial charge in [-0.05, 0) is 24.3 Å². The third kappa shape index (κ3) is 6.31. The number of nitrogens with zero attached hydrogens (tertiary/aromatic N) is 2. The van der Waals surface area contributed by atoms with Crippen molar-refractivity contribution in [3.05, 3.63) is 48.8 Å². The van der Waals surface area contributed by atoms with Gasteiger partial charge in [0.15, 0.2) is 0 Å². The standard InChI is InChI=1S/C7H5F3O2.C4H4N2/c8-7(9,10)12-6-3-1-2-5(11)4-6;1-2-4-6-5-3-1/h1-4,11H;1-4H. The Kier molecular flexibility index (Phi) is 4.91.